The Morgan fingerprint density at radius 1 is 1.14 bits per heavy atom. The van der Waals surface area contributed by atoms with Crippen LogP contribution in [0, 0.1) is 0 Å². The van der Waals surface area contributed by atoms with Crippen molar-refractivity contribution in [2.45, 2.75) is 50.0 Å². The fourth-order valence-electron chi connectivity index (χ4n) is 5.64. The number of halogens is 4. The molecule has 2 aliphatic rings. The first-order valence-electron chi connectivity index (χ1n) is 13.6. The van der Waals surface area contributed by atoms with Crippen LogP contribution in [-0.4, -0.2) is 56.3 Å². The molecule has 0 saturated carbocycles. The van der Waals surface area contributed by atoms with Crippen molar-refractivity contribution in [2.75, 3.05) is 23.7 Å². The van der Waals surface area contributed by atoms with E-state index in [9.17, 15) is 22.8 Å². The van der Waals surface area contributed by atoms with E-state index in [-0.39, 0.29) is 34.8 Å². The number of rotatable bonds is 3. The number of aryl methyl sites for hydroxylation is 1. The van der Waals surface area contributed by atoms with Crippen molar-refractivity contribution in [2.24, 2.45) is 0 Å². The molecular formula is C30H29ClF3N5O2S2. The number of carbonyl (C=O) groups is 1. The average Bonchev–Trinajstić information content (AvgIpc) is 3.28. The molecule has 0 N–H and O–H groups in total. The zero-order valence-corrected chi connectivity index (χ0v) is 25.9. The van der Waals surface area contributed by atoms with Gasteiger partial charge in [-0.3, -0.25) is 14.3 Å². The summed E-state index contributed by atoms with van der Waals surface area (Å²) in [5, 5.41) is 2.25. The normalized spacial score (nSPS) is 18.6. The number of pyridine rings is 1. The highest BCUT2D eigenvalue weighted by Gasteiger charge is 2.39. The quantitative estimate of drug-likeness (QED) is 0.223. The molecule has 3 aromatic heterocycles. The van der Waals surface area contributed by atoms with Gasteiger partial charge in [-0.1, -0.05) is 24.2 Å². The first-order chi connectivity index (χ1) is 20.5. The summed E-state index contributed by atoms with van der Waals surface area (Å²) in [7, 11) is 0. The number of anilines is 1. The summed E-state index contributed by atoms with van der Waals surface area (Å²) < 4.78 is 45.2. The van der Waals surface area contributed by atoms with Crippen LogP contribution in [0.5, 0.6) is 0 Å². The topological polar surface area (TPSA) is 71.3 Å². The summed E-state index contributed by atoms with van der Waals surface area (Å²) in [5.41, 5.74) is -0.754. The van der Waals surface area contributed by atoms with E-state index in [1.54, 1.807) is 22.7 Å². The predicted octanol–water partition coefficient (Wildman–Crippen LogP) is 6.99. The summed E-state index contributed by atoms with van der Waals surface area (Å²) >= 11 is 8.58. The van der Waals surface area contributed by atoms with Crippen molar-refractivity contribution in [3.63, 3.8) is 0 Å². The summed E-state index contributed by atoms with van der Waals surface area (Å²) in [4.78, 5) is 38.1. The molecule has 43 heavy (non-hydrogen) atoms. The van der Waals surface area contributed by atoms with Crippen molar-refractivity contribution in [3.05, 3.63) is 81.8 Å². The molecule has 5 heterocycles. The molecule has 1 aromatic carbocycles. The lowest BCUT2D eigenvalue weighted by Crippen LogP contribution is -2.58. The molecule has 4 aromatic rings. The van der Waals surface area contributed by atoms with Gasteiger partial charge in [0.25, 0.3) is 0 Å². The van der Waals surface area contributed by atoms with Gasteiger partial charge >= 0.3 is 11.9 Å². The van der Waals surface area contributed by atoms with Gasteiger partial charge in [-0.15, -0.1) is 23.1 Å². The van der Waals surface area contributed by atoms with Crippen LogP contribution in [0.15, 0.2) is 70.5 Å². The first kappa shape index (κ1) is 31.1. The van der Waals surface area contributed by atoms with Crippen molar-refractivity contribution < 1.29 is 18.0 Å². The molecule has 1 fully saturated rings. The standard InChI is InChI=1S/C25H24ClF3N4O2S2.C5H5N/c1-4-19(34)33-13(2)10-31(11-14(33)3)23-16-9-17(25(27,28)29)20(18-8-15(26)12-37-18)22-21(16)32(24(35)30-23)6-5-7-36-22;1-2-4-6-5-3-1/h4,8-9,12-14H,1,5-7,10-11H2,2-3H3;1-5H/t13-,14?;/m1./s1. The number of nitrogens with zero attached hydrogens (tertiary/aromatic N) is 5. The van der Waals surface area contributed by atoms with Crippen LogP contribution < -0.4 is 10.6 Å². The van der Waals surface area contributed by atoms with E-state index in [0.29, 0.717) is 52.1 Å². The Kier molecular flexibility index (Phi) is 9.19. The third-order valence-corrected chi connectivity index (χ3v) is 9.78. The molecule has 1 saturated heterocycles. The fourth-order valence-corrected chi connectivity index (χ4v) is 8.04. The van der Waals surface area contributed by atoms with Gasteiger partial charge in [-0.25, -0.2) is 4.79 Å². The van der Waals surface area contributed by atoms with Crippen LogP contribution in [-0.2, 0) is 17.5 Å². The third-order valence-electron chi connectivity index (χ3n) is 7.30. The molecule has 13 heteroatoms. The summed E-state index contributed by atoms with van der Waals surface area (Å²) in [6.07, 6.45) is 0.736. The van der Waals surface area contributed by atoms with Crippen molar-refractivity contribution in [3.8, 4) is 10.4 Å². The number of hydrogen-bond acceptors (Lipinski definition) is 7. The number of benzene rings is 1. The molecule has 1 unspecified atom stereocenters. The lowest BCUT2D eigenvalue weighted by atomic mass is 10.0. The maximum atomic E-state index is 14.6. The Hall–Kier alpha value is -3.35. The van der Waals surface area contributed by atoms with E-state index in [0.717, 1.165) is 17.4 Å². The summed E-state index contributed by atoms with van der Waals surface area (Å²) in [6, 6.07) is 7.87. The lowest BCUT2D eigenvalue weighted by Gasteiger charge is -2.44. The molecule has 6 rings (SSSR count). The van der Waals surface area contributed by atoms with Crippen molar-refractivity contribution in [1.82, 2.24) is 19.4 Å². The molecule has 1 amide bonds. The largest absolute Gasteiger partial charge is 0.417 e. The van der Waals surface area contributed by atoms with E-state index in [2.05, 4.69) is 16.5 Å². The average molecular weight is 648 g/mol. The number of carbonyl (C=O) groups excluding carboxylic acids is 1. The number of aromatic nitrogens is 3. The number of thioether (sulfide) groups is 1. The highest BCUT2D eigenvalue weighted by atomic mass is 35.5. The first-order valence-corrected chi connectivity index (χ1v) is 15.9. The number of piperazine rings is 1. The Bertz CT molecular complexity index is 1670. The second-order valence-electron chi connectivity index (χ2n) is 10.3. The van der Waals surface area contributed by atoms with E-state index in [1.165, 1.54) is 28.5 Å². The minimum Gasteiger partial charge on any atom is -0.352 e. The van der Waals surface area contributed by atoms with E-state index in [4.69, 9.17) is 11.6 Å². The highest BCUT2D eigenvalue weighted by Crippen LogP contribution is 2.49. The molecular weight excluding hydrogens is 619 g/mol. The molecule has 7 nitrogen and oxygen atoms in total. The van der Waals surface area contributed by atoms with Crippen LogP contribution in [0.25, 0.3) is 21.3 Å². The second kappa shape index (κ2) is 12.7. The van der Waals surface area contributed by atoms with Crippen LogP contribution in [0.2, 0.25) is 5.02 Å². The van der Waals surface area contributed by atoms with Gasteiger partial charge in [0.15, 0.2) is 0 Å². The third kappa shape index (κ3) is 6.32. The van der Waals surface area contributed by atoms with E-state index in [1.807, 2.05) is 36.9 Å². The van der Waals surface area contributed by atoms with Crippen molar-refractivity contribution in [1.29, 1.82) is 0 Å². The number of alkyl halides is 3. The molecule has 0 radical (unpaired) electrons. The lowest BCUT2D eigenvalue weighted by molar-refractivity contribution is -0.137. The maximum Gasteiger partial charge on any atom is 0.417 e. The van der Waals surface area contributed by atoms with Gasteiger partial charge in [-0.2, -0.15) is 18.2 Å². The molecule has 0 aliphatic carbocycles. The second-order valence-corrected chi connectivity index (χ2v) is 12.8. The summed E-state index contributed by atoms with van der Waals surface area (Å²) in [5.74, 6) is 0.566. The van der Waals surface area contributed by atoms with Gasteiger partial charge in [0.1, 0.15) is 5.82 Å². The van der Waals surface area contributed by atoms with Gasteiger partial charge in [0.2, 0.25) is 5.91 Å². The Morgan fingerprint density at radius 3 is 2.37 bits per heavy atom. The number of amides is 1. The van der Waals surface area contributed by atoms with Gasteiger partial charge < -0.3 is 9.80 Å². The van der Waals surface area contributed by atoms with Gasteiger partial charge in [-0.05, 0) is 56.4 Å². The smallest absolute Gasteiger partial charge is 0.352 e. The molecule has 2 atom stereocenters. The Labute approximate surface area is 260 Å². The van der Waals surface area contributed by atoms with Crippen LogP contribution in [0.3, 0.4) is 0 Å². The van der Waals surface area contributed by atoms with Gasteiger partial charge in [0.05, 0.1) is 16.1 Å². The number of thiophene rings is 1. The van der Waals surface area contributed by atoms with Crippen LogP contribution >= 0.6 is 34.7 Å². The zero-order chi connectivity index (χ0) is 30.9. The molecule has 0 bridgehead atoms. The zero-order valence-electron chi connectivity index (χ0n) is 23.5. The minimum atomic E-state index is -4.64. The molecule has 226 valence electrons. The Morgan fingerprint density at radius 2 is 1.84 bits per heavy atom. The fraction of sp³-hybridized carbons (Fsp3) is 0.333. The van der Waals surface area contributed by atoms with Crippen LogP contribution in [0.1, 0.15) is 25.8 Å². The predicted molar refractivity (Wildman–Crippen MR) is 167 cm³/mol. The Balaban J connectivity index is 0.000000548. The minimum absolute atomic E-state index is 0.0530. The highest BCUT2D eigenvalue weighted by molar-refractivity contribution is 7.99. The van der Waals surface area contributed by atoms with Crippen LogP contribution in [0.4, 0.5) is 19.0 Å². The molecule has 0 spiro atoms. The number of hydrogen-bond donors (Lipinski definition) is 0. The SMILES string of the molecule is C=CC(=O)N1C(C)CN(c2nc(=O)n3c4c(c(-c5cc(Cl)cs5)c(C(F)(F)F)cc24)SCCC3)C[C@H]1C.c1ccncc1. The van der Waals surface area contributed by atoms with Crippen molar-refractivity contribution >= 4 is 57.3 Å². The van der Waals surface area contributed by atoms with Gasteiger partial charge in [0, 0.05) is 70.2 Å². The monoisotopic (exact) mass is 647 g/mol. The molecule has 2 aliphatic heterocycles. The maximum absolute atomic E-state index is 14.6. The van der Waals surface area contributed by atoms with E-state index < -0.39 is 17.4 Å². The van der Waals surface area contributed by atoms with E-state index >= 15 is 0 Å². The summed E-state index contributed by atoms with van der Waals surface area (Å²) in [6.45, 7) is 8.31.